The molecule has 114 valence electrons. The molecule has 0 saturated heterocycles. The fourth-order valence-corrected chi connectivity index (χ4v) is 3.21. The number of para-hydroxylation sites is 1. The third-order valence-corrected chi connectivity index (χ3v) is 4.45. The van der Waals surface area contributed by atoms with E-state index in [-0.39, 0.29) is 6.04 Å². The molecule has 1 heterocycles. The maximum absolute atomic E-state index is 6.40. The Morgan fingerprint density at radius 2 is 2.05 bits per heavy atom. The highest BCUT2D eigenvalue weighted by Crippen LogP contribution is 2.29. The Kier molecular flexibility index (Phi) is 5.42. The summed E-state index contributed by atoms with van der Waals surface area (Å²) in [7, 11) is 1.96. The van der Waals surface area contributed by atoms with Gasteiger partial charge in [-0.05, 0) is 35.3 Å². The quantitative estimate of drug-likeness (QED) is 0.867. The van der Waals surface area contributed by atoms with E-state index in [2.05, 4.69) is 28.0 Å². The van der Waals surface area contributed by atoms with Gasteiger partial charge in [0.1, 0.15) is 5.75 Å². The lowest BCUT2D eigenvalue weighted by atomic mass is 10.0. The van der Waals surface area contributed by atoms with Crippen LogP contribution in [0.2, 0.25) is 0 Å². The molecule has 4 nitrogen and oxygen atoms in total. The summed E-state index contributed by atoms with van der Waals surface area (Å²) >= 11 is 3.64. The van der Waals surface area contributed by atoms with Gasteiger partial charge >= 0.3 is 0 Å². The van der Waals surface area contributed by atoms with Gasteiger partial charge in [-0.25, -0.2) is 0 Å². The van der Waals surface area contributed by atoms with Crippen molar-refractivity contribution in [3.8, 4) is 5.75 Å². The van der Waals surface area contributed by atoms with E-state index in [1.807, 2.05) is 42.9 Å². The lowest BCUT2D eigenvalue weighted by molar-refractivity contribution is 0.334. The van der Waals surface area contributed by atoms with Crippen molar-refractivity contribution in [2.24, 2.45) is 12.8 Å². The van der Waals surface area contributed by atoms with Crippen LogP contribution in [-0.2, 0) is 19.9 Å². The molecule has 0 saturated carbocycles. The van der Waals surface area contributed by atoms with E-state index in [1.165, 1.54) is 0 Å². The summed E-state index contributed by atoms with van der Waals surface area (Å²) in [5.41, 5.74) is 9.62. The van der Waals surface area contributed by atoms with Crippen molar-refractivity contribution >= 4 is 15.9 Å². The Morgan fingerprint density at radius 1 is 1.33 bits per heavy atom. The van der Waals surface area contributed by atoms with Crippen LogP contribution >= 0.6 is 15.9 Å². The number of ether oxygens (including phenoxy) is 1. The predicted octanol–water partition coefficient (Wildman–Crippen LogP) is 3.39. The number of hydrogen-bond donors (Lipinski definition) is 1. The van der Waals surface area contributed by atoms with Crippen LogP contribution in [0.15, 0.2) is 28.7 Å². The van der Waals surface area contributed by atoms with Gasteiger partial charge in [-0.1, -0.05) is 25.1 Å². The monoisotopic (exact) mass is 351 g/mol. The third kappa shape index (κ3) is 3.47. The van der Waals surface area contributed by atoms with Crippen LogP contribution in [-0.4, -0.2) is 16.4 Å². The molecule has 1 unspecified atom stereocenters. The Morgan fingerprint density at radius 3 is 2.67 bits per heavy atom. The molecule has 0 aliphatic rings. The van der Waals surface area contributed by atoms with Crippen LogP contribution in [0.4, 0.5) is 0 Å². The molecule has 21 heavy (non-hydrogen) atoms. The second kappa shape index (κ2) is 7.09. The third-order valence-electron chi connectivity index (χ3n) is 3.53. The molecule has 0 radical (unpaired) electrons. The second-order valence-corrected chi connectivity index (χ2v) is 5.76. The standard InChI is InChI=1S/C16H22BrN3O/c1-4-13-16(17)14(20(3)19-13)10-12(18)11-8-6-7-9-15(11)21-5-2/h6-9,12H,4-5,10,18H2,1-3H3. The first kappa shape index (κ1) is 16.0. The van der Waals surface area contributed by atoms with Crippen molar-refractivity contribution in [1.82, 2.24) is 9.78 Å². The molecule has 2 aromatic rings. The van der Waals surface area contributed by atoms with Gasteiger partial charge in [0.2, 0.25) is 0 Å². The molecule has 1 aromatic carbocycles. The fraction of sp³-hybridized carbons (Fsp3) is 0.438. The SMILES string of the molecule is CCOc1ccccc1C(N)Cc1c(Br)c(CC)nn1C. The molecule has 0 spiro atoms. The summed E-state index contributed by atoms with van der Waals surface area (Å²) in [6, 6.07) is 7.84. The van der Waals surface area contributed by atoms with Gasteiger partial charge in [0.05, 0.1) is 22.5 Å². The van der Waals surface area contributed by atoms with Crippen LogP contribution in [0.25, 0.3) is 0 Å². The zero-order valence-corrected chi connectivity index (χ0v) is 14.4. The minimum absolute atomic E-state index is 0.121. The minimum atomic E-state index is -0.121. The van der Waals surface area contributed by atoms with Crippen molar-refractivity contribution in [2.75, 3.05) is 6.61 Å². The van der Waals surface area contributed by atoms with Gasteiger partial charge in [-0.15, -0.1) is 0 Å². The van der Waals surface area contributed by atoms with E-state index < -0.39 is 0 Å². The average Bonchev–Trinajstić information content (AvgIpc) is 2.75. The van der Waals surface area contributed by atoms with Crippen LogP contribution in [0, 0.1) is 0 Å². The first-order valence-electron chi connectivity index (χ1n) is 7.26. The Labute approximate surface area is 134 Å². The number of nitrogens with two attached hydrogens (primary N) is 1. The average molecular weight is 352 g/mol. The zero-order valence-electron chi connectivity index (χ0n) is 12.8. The van der Waals surface area contributed by atoms with E-state index in [0.29, 0.717) is 13.0 Å². The first-order chi connectivity index (χ1) is 10.1. The van der Waals surface area contributed by atoms with Crippen LogP contribution in [0.3, 0.4) is 0 Å². The summed E-state index contributed by atoms with van der Waals surface area (Å²) in [6.07, 6.45) is 1.62. The molecular weight excluding hydrogens is 330 g/mol. The summed E-state index contributed by atoms with van der Waals surface area (Å²) in [6.45, 7) is 4.72. The number of nitrogens with zero attached hydrogens (tertiary/aromatic N) is 2. The molecule has 2 N–H and O–H groups in total. The minimum Gasteiger partial charge on any atom is -0.494 e. The van der Waals surface area contributed by atoms with Gasteiger partial charge in [0, 0.05) is 25.1 Å². The highest BCUT2D eigenvalue weighted by molar-refractivity contribution is 9.10. The molecule has 2 rings (SSSR count). The maximum Gasteiger partial charge on any atom is 0.124 e. The lowest BCUT2D eigenvalue weighted by Gasteiger charge is -2.17. The number of rotatable bonds is 6. The highest BCUT2D eigenvalue weighted by Gasteiger charge is 2.18. The van der Waals surface area contributed by atoms with E-state index in [1.54, 1.807) is 0 Å². The van der Waals surface area contributed by atoms with Gasteiger partial charge in [-0.3, -0.25) is 4.68 Å². The maximum atomic E-state index is 6.40. The van der Waals surface area contributed by atoms with Crippen molar-refractivity contribution in [1.29, 1.82) is 0 Å². The summed E-state index contributed by atoms with van der Waals surface area (Å²) < 4.78 is 8.64. The van der Waals surface area contributed by atoms with Crippen LogP contribution in [0.5, 0.6) is 5.75 Å². The number of aromatic nitrogens is 2. The molecular formula is C16H22BrN3O. The van der Waals surface area contributed by atoms with Crippen molar-refractivity contribution < 1.29 is 4.74 Å². The van der Waals surface area contributed by atoms with Crippen molar-refractivity contribution in [3.63, 3.8) is 0 Å². The number of hydrogen-bond acceptors (Lipinski definition) is 3. The molecule has 0 aliphatic heterocycles. The molecule has 0 bridgehead atoms. The summed E-state index contributed by atoms with van der Waals surface area (Å²) in [5, 5.41) is 4.52. The summed E-state index contributed by atoms with van der Waals surface area (Å²) in [4.78, 5) is 0. The van der Waals surface area contributed by atoms with Gasteiger partial charge in [-0.2, -0.15) is 5.10 Å². The largest absolute Gasteiger partial charge is 0.494 e. The van der Waals surface area contributed by atoms with Gasteiger partial charge in [0.15, 0.2) is 0 Å². The first-order valence-corrected chi connectivity index (χ1v) is 8.05. The smallest absolute Gasteiger partial charge is 0.124 e. The van der Waals surface area contributed by atoms with E-state index in [9.17, 15) is 0 Å². The molecule has 1 atom stereocenters. The molecule has 0 aliphatic carbocycles. The Balaban J connectivity index is 2.26. The summed E-state index contributed by atoms with van der Waals surface area (Å²) in [5.74, 6) is 0.863. The topological polar surface area (TPSA) is 53.1 Å². The Bertz CT molecular complexity index is 610. The zero-order chi connectivity index (χ0) is 15.4. The number of aryl methyl sites for hydroxylation is 2. The normalized spacial score (nSPS) is 12.4. The number of benzene rings is 1. The number of halogens is 1. The van der Waals surface area contributed by atoms with Gasteiger partial charge < -0.3 is 10.5 Å². The molecule has 1 aromatic heterocycles. The molecule has 0 amide bonds. The predicted molar refractivity (Wildman–Crippen MR) is 88.5 cm³/mol. The second-order valence-electron chi connectivity index (χ2n) is 4.97. The van der Waals surface area contributed by atoms with Crippen LogP contribution < -0.4 is 10.5 Å². The van der Waals surface area contributed by atoms with E-state index in [4.69, 9.17) is 10.5 Å². The highest BCUT2D eigenvalue weighted by atomic mass is 79.9. The van der Waals surface area contributed by atoms with E-state index >= 15 is 0 Å². The van der Waals surface area contributed by atoms with Crippen molar-refractivity contribution in [3.05, 3.63) is 45.7 Å². The lowest BCUT2D eigenvalue weighted by Crippen LogP contribution is -2.17. The molecule has 0 fully saturated rings. The van der Waals surface area contributed by atoms with E-state index in [0.717, 1.165) is 33.6 Å². The van der Waals surface area contributed by atoms with Crippen LogP contribution in [0.1, 0.15) is 36.8 Å². The van der Waals surface area contributed by atoms with Crippen molar-refractivity contribution in [2.45, 2.75) is 32.7 Å². The fourth-order valence-electron chi connectivity index (χ4n) is 2.43. The molecule has 5 heteroatoms. The van der Waals surface area contributed by atoms with Gasteiger partial charge in [0.25, 0.3) is 0 Å². The Hall–Kier alpha value is -1.33.